The van der Waals surface area contributed by atoms with Crippen molar-refractivity contribution >= 4 is 52.0 Å². The van der Waals surface area contributed by atoms with Gasteiger partial charge >= 0.3 is 0 Å². The van der Waals surface area contributed by atoms with Crippen LogP contribution in [0.1, 0.15) is 19.0 Å². The van der Waals surface area contributed by atoms with E-state index in [1.807, 2.05) is 6.92 Å². The fourth-order valence-electron chi connectivity index (χ4n) is 2.90. The lowest BCUT2D eigenvalue weighted by atomic mass is 10.2. The molecule has 0 fully saturated rings. The SMILES string of the molecule is CCCN(CC(=O)Nc1cc(Cl)ccc1Cl)C(=O)Cc1csc(-c2ccc(F)cc2)n1. The Kier molecular flexibility index (Phi) is 8.01. The molecule has 2 amide bonds. The molecule has 0 aliphatic heterocycles. The molecular formula is C22H20Cl2FN3O2S. The minimum absolute atomic E-state index is 0.0723. The first kappa shape index (κ1) is 23.2. The molecule has 2 aromatic carbocycles. The third-order valence-corrected chi connectivity index (χ3v) is 5.86. The molecule has 3 aromatic rings. The zero-order valence-corrected chi connectivity index (χ0v) is 19.0. The molecule has 31 heavy (non-hydrogen) atoms. The molecule has 0 bridgehead atoms. The Balaban J connectivity index is 1.64. The number of hydrogen-bond donors (Lipinski definition) is 1. The lowest BCUT2D eigenvalue weighted by Gasteiger charge is -2.21. The van der Waals surface area contributed by atoms with Crippen LogP contribution in [0.4, 0.5) is 10.1 Å². The molecule has 1 aromatic heterocycles. The van der Waals surface area contributed by atoms with Crippen molar-refractivity contribution in [3.63, 3.8) is 0 Å². The highest BCUT2D eigenvalue weighted by atomic mass is 35.5. The molecular weight excluding hydrogens is 460 g/mol. The van der Waals surface area contributed by atoms with Crippen LogP contribution in [0.25, 0.3) is 10.6 Å². The predicted octanol–water partition coefficient (Wildman–Crippen LogP) is 5.68. The summed E-state index contributed by atoms with van der Waals surface area (Å²) in [5, 5.41) is 6.01. The van der Waals surface area contributed by atoms with Crippen LogP contribution in [0.2, 0.25) is 10.0 Å². The first-order chi connectivity index (χ1) is 14.9. The number of anilines is 1. The summed E-state index contributed by atoms with van der Waals surface area (Å²) < 4.78 is 13.1. The molecule has 5 nitrogen and oxygen atoms in total. The number of carbonyl (C=O) groups is 2. The molecule has 0 aliphatic rings. The Bertz CT molecular complexity index is 1070. The van der Waals surface area contributed by atoms with E-state index in [0.717, 1.165) is 5.56 Å². The minimum Gasteiger partial charge on any atom is -0.333 e. The van der Waals surface area contributed by atoms with Gasteiger partial charge in [-0.15, -0.1) is 11.3 Å². The summed E-state index contributed by atoms with van der Waals surface area (Å²) in [6.45, 7) is 2.26. The summed E-state index contributed by atoms with van der Waals surface area (Å²) in [6, 6.07) is 10.8. The van der Waals surface area contributed by atoms with Crippen molar-refractivity contribution < 1.29 is 14.0 Å². The Hall–Kier alpha value is -2.48. The third-order valence-electron chi connectivity index (χ3n) is 4.36. The lowest BCUT2D eigenvalue weighted by Crippen LogP contribution is -2.39. The number of carbonyl (C=O) groups excluding carboxylic acids is 2. The van der Waals surface area contributed by atoms with Crippen LogP contribution < -0.4 is 5.32 Å². The van der Waals surface area contributed by atoms with Crippen molar-refractivity contribution in [1.82, 2.24) is 9.88 Å². The molecule has 0 aliphatic carbocycles. The normalized spacial score (nSPS) is 10.7. The van der Waals surface area contributed by atoms with Gasteiger partial charge in [0.2, 0.25) is 11.8 Å². The van der Waals surface area contributed by atoms with E-state index < -0.39 is 0 Å². The summed E-state index contributed by atoms with van der Waals surface area (Å²) in [5.74, 6) is -0.885. The van der Waals surface area contributed by atoms with Gasteiger partial charge in [-0.2, -0.15) is 0 Å². The molecule has 0 atom stereocenters. The van der Waals surface area contributed by atoms with Gasteiger partial charge in [0, 0.05) is 22.5 Å². The second-order valence-corrected chi connectivity index (χ2v) is 8.52. The van der Waals surface area contributed by atoms with Crippen LogP contribution >= 0.6 is 34.5 Å². The van der Waals surface area contributed by atoms with Crippen LogP contribution in [-0.4, -0.2) is 34.8 Å². The third kappa shape index (κ3) is 6.50. The Labute approximate surface area is 193 Å². The molecule has 0 spiro atoms. The van der Waals surface area contributed by atoms with Gasteiger partial charge in [0.1, 0.15) is 10.8 Å². The number of thiazole rings is 1. The highest BCUT2D eigenvalue weighted by Gasteiger charge is 2.19. The largest absolute Gasteiger partial charge is 0.333 e. The van der Waals surface area contributed by atoms with E-state index in [2.05, 4.69) is 10.3 Å². The monoisotopic (exact) mass is 479 g/mol. The summed E-state index contributed by atoms with van der Waals surface area (Å²) in [6.07, 6.45) is 0.776. The van der Waals surface area contributed by atoms with Crippen molar-refractivity contribution in [2.75, 3.05) is 18.4 Å². The lowest BCUT2D eigenvalue weighted by molar-refractivity contribution is -0.134. The molecule has 0 saturated heterocycles. The van der Waals surface area contributed by atoms with Crippen molar-refractivity contribution in [3.8, 4) is 10.6 Å². The van der Waals surface area contributed by atoms with Gasteiger partial charge in [-0.3, -0.25) is 9.59 Å². The molecule has 1 heterocycles. The van der Waals surface area contributed by atoms with Crippen molar-refractivity contribution in [2.24, 2.45) is 0 Å². The highest BCUT2D eigenvalue weighted by Crippen LogP contribution is 2.26. The molecule has 162 valence electrons. The summed E-state index contributed by atoms with van der Waals surface area (Å²) >= 11 is 13.4. The maximum absolute atomic E-state index is 13.1. The van der Waals surface area contributed by atoms with Crippen molar-refractivity contribution in [3.05, 3.63) is 69.4 Å². The molecule has 0 radical (unpaired) electrons. The number of rotatable bonds is 8. The molecule has 1 N–H and O–H groups in total. The van der Waals surface area contributed by atoms with Crippen LogP contribution in [0.15, 0.2) is 47.8 Å². The summed E-state index contributed by atoms with van der Waals surface area (Å²) in [5.41, 5.74) is 1.79. The average Bonchev–Trinajstić information content (AvgIpc) is 3.19. The second kappa shape index (κ2) is 10.7. The van der Waals surface area contributed by atoms with E-state index in [0.29, 0.717) is 39.4 Å². The number of amides is 2. The van der Waals surface area contributed by atoms with E-state index in [1.165, 1.54) is 28.4 Å². The number of nitrogens with zero attached hydrogens (tertiary/aromatic N) is 2. The number of halogens is 3. The Morgan fingerprint density at radius 2 is 1.90 bits per heavy atom. The van der Waals surface area contributed by atoms with Crippen molar-refractivity contribution in [1.29, 1.82) is 0 Å². The Morgan fingerprint density at radius 1 is 1.16 bits per heavy atom. The van der Waals surface area contributed by atoms with Gasteiger partial charge in [-0.25, -0.2) is 9.37 Å². The van der Waals surface area contributed by atoms with Crippen LogP contribution in [0.3, 0.4) is 0 Å². The zero-order chi connectivity index (χ0) is 22.4. The topological polar surface area (TPSA) is 62.3 Å². The number of benzene rings is 2. The van der Waals surface area contributed by atoms with E-state index in [1.54, 1.807) is 35.7 Å². The van der Waals surface area contributed by atoms with Gasteiger partial charge in [-0.1, -0.05) is 30.1 Å². The fraction of sp³-hybridized carbons (Fsp3) is 0.227. The van der Waals surface area contributed by atoms with E-state index in [-0.39, 0.29) is 30.6 Å². The smallest absolute Gasteiger partial charge is 0.244 e. The van der Waals surface area contributed by atoms with E-state index >= 15 is 0 Å². The van der Waals surface area contributed by atoms with Gasteiger partial charge in [0.15, 0.2) is 0 Å². The van der Waals surface area contributed by atoms with Crippen LogP contribution in [0, 0.1) is 5.82 Å². The number of nitrogens with one attached hydrogen (secondary N) is 1. The quantitative estimate of drug-likeness (QED) is 0.452. The van der Waals surface area contributed by atoms with E-state index in [9.17, 15) is 14.0 Å². The highest BCUT2D eigenvalue weighted by molar-refractivity contribution is 7.13. The van der Waals surface area contributed by atoms with E-state index in [4.69, 9.17) is 23.2 Å². The maximum Gasteiger partial charge on any atom is 0.244 e. The molecule has 9 heteroatoms. The summed E-state index contributed by atoms with van der Waals surface area (Å²) in [7, 11) is 0. The first-order valence-corrected chi connectivity index (χ1v) is 11.2. The predicted molar refractivity (Wildman–Crippen MR) is 123 cm³/mol. The van der Waals surface area contributed by atoms with Gasteiger partial charge in [-0.05, 0) is 48.9 Å². The van der Waals surface area contributed by atoms with Gasteiger partial charge < -0.3 is 10.2 Å². The molecule has 0 unspecified atom stereocenters. The van der Waals surface area contributed by atoms with Crippen LogP contribution in [0.5, 0.6) is 0 Å². The van der Waals surface area contributed by atoms with Gasteiger partial charge in [0.05, 0.1) is 29.4 Å². The second-order valence-electron chi connectivity index (χ2n) is 6.82. The fourth-order valence-corrected chi connectivity index (χ4v) is 4.06. The van der Waals surface area contributed by atoms with Crippen LogP contribution in [-0.2, 0) is 16.0 Å². The number of aromatic nitrogens is 1. The minimum atomic E-state index is -0.365. The molecule has 3 rings (SSSR count). The average molecular weight is 480 g/mol. The standard InChI is InChI=1S/C22H20Cl2FN3O2S/c1-2-9-28(12-20(29)27-19-10-15(23)5-8-18(19)24)21(30)11-17-13-31-22(26-17)14-3-6-16(25)7-4-14/h3-8,10,13H,2,9,11-12H2,1H3,(H,27,29). The zero-order valence-electron chi connectivity index (χ0n) is 16.7. The van der Waals surface area contributed by atoms with Gasteiger partial charge in [0.25, 0.3) is 0 Å². The first-order valence-electron chi connectivity index (χ1n) is 9.58. The summed E-state index contributed by atoms with van der Waals surface area (Å²) in [4.78, 5) is 31.3. The Morgan fingerprint density at radius 3 is 2.61 bits per heavy atom. The van der Waals surface area contributed by atoms with Crippen molar-refractivity contribution in [2.45, 2.75) is 19.8 Å². The maximum atomic E-state index is 13.1. The number of hydrogen-bond acceptors (Lipinski definition) is 4. The molecule has 0 saturated carbocycles.